The van der Waals surface area contributed by atoms with E-state index in [1.807, 2.05) is 17.0 Å². The molecule has 0 saturated carbocycles. The zero-order chi connectivity index (χ0) is 23.8. The number of carbonyl (C=O) groups excluding carboxylic acids is 1. The van der Waals surface area contributed by atoms with Gasteiger partial charge in [0.2, 0.25) is 11.6 Å². The second kappa shape index (κ2) is 9.55. The van der Waals surface area contributed by atoms with Crippen LogP contribution in [0.25, 0.3) is 0 Å². The first-order valence-corrected chi connectivity index (χ1v) is 12.7. The van der Waals surface area contributed by atoms with Gasteiger partial charge in [-0.25, -0.2) is 0 Å². The van der Waals surface area contributed by atoms with Crippen LogP contribution in [-0.2, 0) is 24.1 Å². The molecule has 0 bridgehead atoms. The van der Waals surface area contributed by atoms with Crippen LogP contribution in [0.15, 0.2) is 59.5 Å². The maximum atomic E-state index is 13.1. The maximum Gasteiger partial charge on any atom is 0.226 e. The lowest BCUT2D eigenvalue weighted by Gasteiger charge is -2.36. The van der Waals surface area contributed by atoms with Crippen molar-refractivity contribution in [2.75, 3.05) is 13.1 Å². The van der Waals surface area contributed by atoms with Crippen LogP contribution in [0.1, 0.15) is 46.7 Å². The number of aryl methyl sites for hydroxylation is 2. The van der Waals surface area contributed by atoms with Gasteiger partial charge in [0.25, 0.3) is 0 Å². The van der Waals surface area contributed by atoms with Crippen LogP contribution in [0.2, 0.25) is 5.02 Å². The van der Waals surface area contributed by atoms with Gasteiger partial charge in [-0.3, -0.25) is 4.79 Å². The third kappa shape index (κ3) is 4.64. The third-order valence-corrected chi connectivity index (χ3v) is 7.78. The number of fused-ring (bicyclic) bond motifs is 2. The molecule has 2 aliphatic rings. The van der Waals surface area contributed by atoms with Crippen molar-refractivity contribution in [1.82, 2.24) is 4.90 Å². The van der Waals surface area contributed by atoms with Crippen LogP contribution in [0, 0.1) is 16.3 Å². The quantitative estimate of drug-likeness (QED) is 0.370. The van der Waals surface area contributed by atoms with Crippen LogP contribution in [0.4, 0.5) is 0 Å². The van der Waals surface area contributed by atoms with Crippen molar-refractivity contribution >= 4 is 33.4 Å². The van der Waals surface area contributed by atoms with Crippen molar-refractivity contribution in [3.05, 3.63) is 103 Å². The van der Waals surface area contributed by atoms with Gasteiger partial charge in [0.1, 0.15) is 0 Å². The number of benzene rings is 1. The van der Waals surface area contributed by atoms with Gasteiger partial charge in [-0.05, 0) is 82.4 Å². The highest BCUT2D eigenvalue weighted by atomic mass is 79.9. The Kier molecular flexibility index (Phi) is 6.49. The smallest absolute Gasteiger partial charge is 0.226 e. The average Bonchev–Trinajstić information content (AvgIpc) is 2.97. The summed E-state index contributed by atoms with van der Waals surface area (Å²) in [6.45, 7) is 1.31. The zero-order valence-electron chi connectivity index (χ0n) is 18.6. The molecule has 3 aromatic rings. The van der Waals surface area contributed by atoms with Gasteiger partial charge >= 0.3 is 0 Å². The summed E-state index contributed by atoms with van der Waals surface area (Å²) in [4.78, 5) is 14.8. The normalized spacial score (nSPS) is 18.2. The summed E-state index contributed by atoms with van der Waals surface area (Å²) in [5.41, 5.74) is 5.10. The fourth-order valence-electron chi connectivity index (χ4n) is 5.46. The second-order valence-electron chi connectivity index (χ2n) is 9.18. The Labute approximate surface area is 212 Å². The number of carbonyl (C=O) groups is 1. The number of likely N-dealkylation sites (tertiary alicyclic amines) is 1. The summed E-state index contributed by atoms with van der Waals surface area (Å²) in [5.74, 6) is 0.283. The van der Waals surface area contributed by atoms with Gasteiger partial charge in [-0.15, -0.1) is 0 Å². The minimum absolute atomic E-state index is 0.0331. The molecular formula is C26H25BrClN3O3. The molecule has 0 spiro atoms. The number of aromatic nitrogens is 2. The van der Waals surface area contributed by atoms with E-state index in [0.717, 1.165) is 56.4 Å². The summed E-state index contributed by atoms with van der Waals surface area (Å²) >= 11 is 9.80. The summed E-state index contributed by atoms with van der Waals surface area (Å²) in [6, 6.07) is 11.5. The van der Waals surface area contributed by atoms with E-state index in [1.165, 1.54) is 23.5 Å². The topological polar surface area (TPSA) is 74.2 Å². The Balaban J connectivity index is 1.40. The predicted molar refractivity (Wildman–Crippen MR) is 132 cm³/mol. The molecule has 2 aromatic heterocycles. The first-order valence-electron chi connectivity index (χ1n) is 11.5. The molecule has 1 unspecified atom stereocenters. The summed E-state index contributed by atoms with van der Waals surface area (Å²) in [6.07, 6.45) is 7.99. The van der Waals surface area contributed by atoms with E-state index in [9.17, 15) is 15.2 Å². The largest absolute Gasteiger partial charge is 0.619 e. The van der Waals surface area contributed by atoms with Crippen LogP contribution >= 0.6 is 27.5 Å². The molecule has 34 heavy (non-hydrogen) atoms. The minimum Gasteiger partial charge on any atom is -0.619 e. The van der Waals surface area contributed by atoms with Gasteiger partial charge < -0.3 is 15.3 Å². The Morgan fingerprint density at radius 1 is 1.06 bits per heavy atom. The van der Waals surface area contributed by atoms with Crippen molar-refractivity contribution in [1.29, 1.82) is 0 Å². The number of pyridine rings is 2. The fraction of sp³-hybridized carbons (Fsp3) is 0.346. The molecule has 8 heteroatoms. The monoisotopic (exact) mass is 541 g/mol. The highest BCUT2D eigenvalue weighted by Gasteiger charge is 2.38. The molecule has 0 radical (unpaired) electrons. The molecule has 176 valence electrons. The Hall–Kier alpha value is -2.64. The molecule has 1 aromatic carbocycles. The minimum atomic E-state index is -0.0331. The van der Waals surface area contributed by atoms with Gasteiger partial charge in [-0.1, -0.05) is 17.7 Å². The van der Waals surface area contributed by atoms with E-state index >= 15 is 0 Å². The number of hydrogen-bond donors (Lipinski definition) is 0. The number of hydrogen-bond acceptors (Lipinski definition) is 3. The third-order valence-electron chi connectivity index (χ3n) is 7.11. The Morgan fingerprint density at radius 2 is 1.76 bits per heavy atom. The average molecular weight is 543 g/mol. The molecule has 1 aliphatic carbocycles. The van der Waals surface area contributed by atoms with Crippen molar-refractivity contribution in [2.45, 2.75) is 38.0 Å². The van der Waals surface area contributed by atoms with Crippen molar-refractivity contribution < 1.29 is 14.3 Å². The number of halogens is 2. The highest BCUT2D eigenvalue weighted by molar-refractivity contribution is 9.10. The lowest BCUT2D eigenvalue weighted by molar-refractivity contribution is -0.616. The van der Waals surface area contributed by atoms with Crippen LogP contribution in [-0.4, -0.2) is 23.9 Å². The SMILES string of the molecule is O=C(Cc1cc[n+]([O-])cc1)N1CCC(C2c3ccc(Cl)cc3CCc3cc(Br)c[n+]([O-])c32)CC1. The Bertz CT molecular complexity index is 1230. The predicted octanol–water partition coefficient (Wildman–Crippen LogP) is 4.08. The molecule has 1 saturated heterocycles. The lowest BCUT2D eigenvalue weighted by Crippen LogP contribution is -2.43. The van der Waals surface area contributed by atoms with Gasteiger partial charge in [0.05, 0.1) is 16.8 Å². The maximum absolute atomic E-state index is 13.1. The van der Waals surface area contributed by atoms with Crippen LogP contribution in [0.3, 0.4) is 0 Å². The first-order chi connectivity index (χ1) is 16.4. The summed E-state index contributed by atoms with van der Waals surface area (Å²) in [5, 5.41) is 25.1. The number of piperidine rings is 1. The molecule has 1 atom stereocenters. The van der Waals surface area contributed by atoms with Gasteiger partial charge in [-0.2, -0.15) is 9.46 Å². The van der Waals surface area contributed by atoms with Crippen molar-refractivity contribution in [2.24, 2.45) is 5.92 Å². The standard InChI is InChI=1S/C26H25BrClN3O3/c27-21-14-20-2-1-19-15-22(28)3-4-23(19)25(26(20)31(34)16-21)18-7-9-29(10-8-18)24(32)13-17-5-11-30(33)12-6-17/h3-6,11-12,14-16,18,25H,1-2,7-10,13H2. The second-order valence-corrected chi connectivity index (χ2v) is 10.5. The van der Waals surface area contributed by atoms with Gasteiger partial charge in [0.15, 0.2) is 18.6 Å². The molecule has 1 aliphatic heterocycles. The fourth-order valence-corrected chi connectivity index (χ4v) is 6.11. The molecule has 1 amide bonds. The molecule has 3 heterocycles. The molecule has 1 fully saturated rings. The molecule has 5 rings (SSSR count). The molecule has 6 nitrogen and oxygen atoms in total. The lowest BCUT2D eigenvalue weighted by atomic mass is 9.76. The van der Waals surface area contributed by atoms with E-state index in [0.29, 0.717) is 18.1 Å². The van der Waals surface area contributed by atoms with E-state index in [-0.39, 0.29) is 24.2 Å². The van der Waals surface area contributed by atoms with Crippen molar-refractivity contribution in [3.63, 3.8) is 0 Å². The van der Waals surface area contributed by atoms with Gasteiger partial charge in [0, 0.05) is 35.8 Å². The molecule has 0 N–H and O–H groups in total. The molecular weight excluding hydrogens is 518 g/mol. The van der Waals surface area contributed by atoms with E-state index in [2.05, 4.69) is 28.1 Å². The number of nitrogens with zero attached hydrogens (tertiary/aromatic N) is 3. The zero-order valence-corrected chi connectivity index (χ0v) is 21.0. The van der Waals surface area contributed by atoms with Crippen LogP contribution < -0.4 is 9.46 Å². The summed E-state index contributed by atoms with van der Waals surface area (Å²) < 4.78 is 2.53. The van der Waals surface area contributed by atoms with E-state index in [4.69, 9.17) is 11.6 Å². The van der Waals surface area contributed by atoms with Crippen molar-refractivity contribution in [3.8, 4) is 0 Å². The highest BCUT2D eigenvalue weighted by Crippen LogP contribution is 2.42. The number of rotatable bonds is 3. The van der Waals surface area contributed by atoms with Crippen LogP contribution in [0.5, 0.6) is 0 Å². The summed E-state index contributed by atoms with van der Waals surface area (Å²) in [7, 11) is 0. The Morgan fingerprint density at radius 3 is 2.50 bits per heavy atom. The first kappa shape index (κ1) is 23.1. The number of amides is 1. The van der Waals surface area contributed by atoms with E-state index in [1.54, 1.807) is 18.3 Å². The van der Waals surface area contributed by atoms with E-state index < -0.39 is 0 Å².